The van der Waals surface area contributed by atoms with Crippen molar-refractivity contribution in [2.45, 2.75) is 32.1 Å². The summed E-state index contributed by atoms with van der Waals surface area (Å²) in [6.07, 6.45) is 2.88. The number of carboxylic acid groups (broad SMARTS) is 1. The number of hydrogen-bond donors (Lipinski definition) is 4. The summed E-state index contributed by atoms with van der Waals surface area (Å²) in [5, 5.41) is 16.4. The molecule has 2 rings (SSSR count). The molecule has 8 nitrogen and oxygen atoms in total. The van der Waals surface area contributed by atoms with Crippen LogP contribution in [0.1, 0.15) is 31.2 Å². The third-order valence-corrected chi connectivity index (χ3v) is 3.87. The maximum atomic E-state index is 11.9. The van der Waals surface area contributed by atoms with Gasteiger partial charge in [0.2, 0.25) is 17.7 Å². The van der Waals surface area contributed by atoms with E-state index in [9.17, 15) is 19.2 Å². The molecule has 1 saturated carbocycles. The van der Waals surface area contributed by atoms with Crippen LogP contribution in [0.3, 0.4) is 0 Å². The molecule has 0 aliphatic heterocycles. The van der Waals surface area contributed by atoms with Crippen LogP contribution in [0.4, 0.5) is 5.69 Å². The van der Waals surface area contributed by atoms with Crippen molar-refractivity contribution in [1.82, 2.24) is 10.6 Å². The van der Waals surface area contributed by atoms with Gasteiger partial charge < -0.3 is 21.1 Å². The minimum absolute atomic E-state index is 0.0716. The van der Waals surface area contributed by atoms with E-state index in [0.717, 1.165) is 12.8 Å². The minimum atomic E-state index is -1.09. The number of hydrogen-bond acceptors (Lipinski definition) is 4. The zero-order valence-electron chi connectivity index (χ0n) is 14.4. The summed E-state index contributed by atoms with van der Waals surface area (Å²) in [6, 6.07) is 6.77. The normalized spacial score (nSPS) is 12.9. The largest absolute Gasteiger partial charge is 0.480 e. The molecule has 0 bridgehead atoms. The maximum Gasteiger partial charge on any atom is 0.322 e. The molecule has 0 aromatic heterocycles. The molecule has 1 aromatic carbocycles. The number of benzene rings is 1. The Balaban J connectivity index is 1.65. The summed E-state index contributed by atoms with van der Waals surface area (Å²) < 4.78 is 0. The van der Waals surface area contributed by atoms with Crippen LogP contribution in [0, 0.1) is 5.92 Å². The van der Waals surface area contributed by atoms with Crippen LogP contribution in [0.5, 0.6) is 0 Å². The number of rotatable bonds is 10. The van der Waals surface area contributed by atoms with Crippen molar-refractivity contribution < 1.29 is 24.3 Å². The zero-order valence-corrected chi connectivity index (χ0v) is 14.4. The van der Waals surface area contributed by atoms with Crippen molar-refractivity contribution in [3.05, 3.63) is 29.8 Å². The molecule has 3 amide bonds. The van der Waals surface area contributed by atoms with E-state index in [1.54, 1.807) is 24.3 Å². The summed E-state index contributed by atoms with van der Waals surface area (Å²) >= 11 is 0. The molecule has 1 aliphatic rings. The smallest absolute Gasteiger partial charge is 0.322 e. The Morgan fingerprint density at radius 1 is 1.00 bits per heavy atom. The van der Waals surface area contributed by atoms with Crippen LogP contribution in [0.25, 0.3) is 0 Å². The van der Waals surface area contributed by atoms with Gasteiger partial charge >= 0.3 is 5.97 Å². The zero-order chi connectivity index (χ0) is 18.9. The van der Waals surface area contributed by atoms with E-state index in [1.165, 1.54) is 0 Å². The average Bonchev–Trinajstić information content (AvgIpc) is 3.43. The fourth-order valence-electron chi connectivity index (χ4n) is 2.30. The van der Waals surface area contributed by atoms with Crippen LogP contribution >= 0.6 is 0 Å². The monoisotopic (exact) mass is 361 g/mol. The number of aliphatic carboxylic acids is 1. The number of carbonyl (C=O) groups is 4. The molecule has 0 saturated heterocycles. The van der Waals surface area contributed by atoms with Gasteiger partial charge in [0.25, 0.3) is 0 Å². The van der Waals surface area contributed by atoms with Crippen molar-refractivity contribution in [3.8, 4) is 0 Å². The number of anilines is 1. The van der Waals surface area contributed by atoms with Gasteiger partial charge in [-0.25, -0.2) is 0 Å². The van der Waals surface area contributed by atoms with E-state index in [0.29, 0.717) is 30.6 Å². The van der Waals surface area contributed by atoms with Crippen molar-refractivity contribution in [1.29, 1.82) is 0 Å². The third kappa shape index (κ3) is 7.33. The molecule has 0 spiro atoms. The van der Waals surface area contributed by atoms with Crippen molar-refractivity contribution >= 4 is 29.4 Å². The van der Waals surface area contributed by atoms with Crippen LogP contribution < -0.4 is 16.0 Å². The van der Waals surface area contributed by atoms with Crippen molar-refractivity contribution in [3.63, 3.8) is 0 Å². The Bertz CT molecular complexity index is 668. The fraction of sp³-hybridized carbons (Fsp3) is 0.444. The second kappa shape index (κ2) is 9.55. The molecule has 1 aliphatic carbocycles. The maximum absolute atomic E-state index is 11.9. The Labute approximate surface area is 151 Å². The predicted molar refractivity (Wildman–Crippen MR) is 94.4 cm³/mol. The first kappa shape index (κ1) is 19.4. The average molecular weight is 361 g/mol. The second-order valence-corrected chi connectivity index (χ2v) is 6.26. The summed E-state index contributed by atoms with van der Waals surface area (Å²) in [7, 11) is 0. The Hall–Kier alpha value is -2.90. The number of amides is 3. The standard InChI is InChI=1S/C18H23N3O5/c22-15(2-1-9-19-18(26)13-5-6-13)21-14-7-3-12(4-8-14)10-16(23)20-11-17(24)25/h3-4,7-8,13H,1-2,5-6,9-11H2,(H,19,26)(H,20,23)(H,21,22)(H,24,25). The van der Waals surface area contributed by atoms with Gasteiger partial charge in [0, 0.05) is 24.6 Å². The number of carboxylic acids is 1. The molecule has 0 atom stereocenters. The molecule has 0 heterocycles. The van der Waals surface area contributed by atoms with Gasteiger partial charge in [0.1, 0.15) is 6.54 Å². The summed E-state index contributed by atoms with van der Waals surface area (Å²) in [5.41, 5.74) is 1.33. The highest BCUT2D eigenvalue weighted by molar-refractivity contribution is 5.91. The molecule has 4 N–H and O–H groups in total. The lowest BCUT2D eigenvalue weighted by Crippen LogP contribution is -2.30. The molecule has 8 heteroatoms. The van der Waals surface area contributed by atoms with E-state index in [1.807, 2.05) is 0 Å². The van der Waals surface area contributed by atoms with Crippen LogP contribution in [-0.2, 0) is 25.6 Å². The molecular formula is C18H23N3O5. The SMILES string of the molecule is O=C(O)CNC(=O)Cc1ccc(NC(=O)CCCNC(=O)C2CC2)cc1. The predicted octanol–water partition coefficient (Wildman–Crippen LogP) is 0.675. The Morgan fingerprint density at radius 3 is 2.31 bits per heavy atom. The second-order valence-electron chi connectivity index (χ2n) is 6.26. The lowest BCUT2D eigenvalue weighted by Gasteiger charge is -2.07. The van der Waals surface area contributed by atoms with E-state index in [2.05, 4.69) is 16.0 Å². The van der Waals surface area contributed by atoms with E-state index in [4.69, 9.17) is 5.11 Å². The summed E-state index contributed by atoms with van der Waals surface area (Å²) in [4.78, 5) is 45.3. The van der Waals surface area contributed by atoms with Gasteiger partial charge in [-0.1, -0.05) is 12.1 Å². The van der Waals surface area contributed by atoms with Crippen LogP contribution in [0.15, 0.2) is 24.3 Å². The first-order chi connectivity index (χ1) is 12.4. The Morgan fingerprint density at radius 2 is 1.69 bits per heavy atom. The highest BCUT2D eigenvalue weighted by Crippen LogP contribution is 2.28. The first-order valence-corrected chi connectivity index (χ1v) is 8.59. The Kier molecular flexibility index (Phi) is 7.13. The first-order valence-electron chi connectivity index (χ1n) is 8.59. The van der Waals surface area contributed by atoms with Crippen LogP contribution in [-0.4, -0.2) is 41.9 Å². The van der Waals surface area contributed by atoms with Gasteiger partial charge in [-0.2, -0.15) is 0 Å². The van der Waals surface area contributed by atoms with E-state index >= 15 is 0 Å². The van der Waals surface area contributed by atoms with Gasteiger partial charge in [0.05, 0.1) is 6.42 Å². The molecule has 0 radical (unpaired) electrons. The third-order valence-electron chi connectivity index (χ3n) is 3.87. The molecule has 26 heavy (non-hydrogen) atoms. The molecule has 1 fully saturated rings. The molecular weight excluding hydrogens is 338 g/mol. The molecule has 1 aromatic rings. The van der Waals surface area contributed by atoms with Crippen molar-refractivity contribution in [2.75, 3.05) is 18.4 Å². The molecule has 0 unspecified atom stereocenters. The topological polar surface area (TPSA) is 125 Å². The summed E-state index contributed by atoms with van der Waals surface area (Å²) in [5.74, 6) is -1.36. The lowest BCUT2D eigenvalue weighted by atomic mass is 10.1. The quantitative estimate of drug-likeness (QED) is 0.456. The number of carbonyl (C=O) groups excluding carboxylic acids is 3. The van der Waals surface area contributed by atoms with Gasteiger partial charge in [-0.3, -0.25) is 19.2 Å². The highest BCUT2D eigenvalue weighted by Gasteiger charge is 2.28. The summed E-state index contributed by atoms with van der Waals surface area (Å²) in [6.45, 7) is 0.0846. The minimum Gasteiger partial charge on any atom is -0.480 e. The van der Waals surface area contributed by atoms with Gasteiger partial charge in [-0.15, -0.1) is 0 Å². The van der Waals surface area contributed by atoms with E-state index < -0.39 is 12.5 Å². The van der Waals surface area contributed by atoms with Gasteiger partial charge in [-0.05, 0) is 37.0 Å². The molecule has 140 valence electrons. The van der Waals surface area contributed by atoms with Crippen LogP contribution in [0.2, 0.25) is 0 Å². The fourth-order valence-corrected chi connectivity index (χ4v) is 2.30. The van der Waals surface area contributed by atoms with E-state index in [-0.39, 0.29) is 30.1 Å². The van der Waals surface area contributed by atoms with Gasteiger partial charge in [0.15, 0.2) is 0 Å². The van der Waals surface area contributed by atoms with Crippen molar-refractivity contribution in [2.24, 2.45) is 5.92 Å². The lowest BCUT2D eigenvalue weighted by molar-refractivity contribution is -0.137. The number of nitrogens with one attached hydrogen (secondary N) is 3. The highest BCUT2D eigenvalue weighted by atomic mass is 16.4.